The lowest BCUT2D eigenvalue weighted by atomic mass is 9.85. The maximum absolute atomic E-state index is 9.42. The van der Waals surface area contributed by atoms with Crippen molar-refractivity contribution in [3.8, 4) is 0 Å². The van der Waals surface area contributed by atoms with Crippen molar-refractivity contribution in [2.24, 2.45) is 5.92 Å². The van der Waals surface area contributed by atoms with Gasteiger partial charge in [-0.25, -0.2) is 0 Å². The molecule has 1 aromatic carbocycles. The Morgan fingerprint density at radius 1 is 1.39 bits per heavy atom. The van der Waals surface area contributed by atoms with Crippen molar-refractivity contribution in [2.45, 2.75) is 38.6 Å². The molecule has 1 saturated carbocycles. The van der Waals surface area contributed by atoms with E-state index in [2.05, 4.69) is 5.32 Å². The predicted molar refractivity (Wildman–Crippen MR) is 77.1 cm³/mol. The van der Waals surface area contributed by atoms with Gasteiger partial charge < -0.3 is 16.2 Å². The van der Waals surface area contributed by atoms with Gasteiger partial charge in [-0.1, -0.05) is 24.4 Å². The van der Waals surface area contributed by atoms with Crippen molar-refractivity contribution in [1.29, 1.82) is 0 Å². The monoisotopic (exact) mass is 268 g/mol. The number of benzene rings is 1. The topological polar surface area (TPSA) is 58.3 Å². The zero-order valence-corrected chi connectivity index (χ0v) is 11.5. The Labute approximate surface area is 113 Å². The number of nitrogens with one attached hydrogen (secondary N) is 1. The van der Waals surface area contributed by atoms with Crippen molar-refractivity contribution < 1.29 is 5.11 Å². The first-order valence-electron chi connectivity index (χ1n) is 6.55. The molecule has 1 fully saturated rings. The summed E-state index contributed by atoms with van der Waals surface area (Å²) in [6.45, 7) is 2.27. The molecule has 2 rings (SSSR count). The Kier molecular flexibility index (Phi) is 4.36. The van der Waals surface area contributed by atoms with Crippen molar-refractivity contribution in [2.75, 3.05) is 17.7 Å². The van der Waals surface area contributed by atoms with Gasteiger partial charge in [-0.05, 0) is 37.5 Å². The number of aliphatic hydroxyl groups excluding tert-OH is 1. The van der Waals surface area contributed by atoms with Crippen LogP contribution in [-0.4, -0.2) is 17.8 Å². The number of aliphatic hydroxyl groups is 1. The van der Waals surface area contributed by atoms with Gasteiger partial charge in [0.1, 0.15) is 0 Å². The summed E-state index contributed by atoms with van der Waals surface area (Å²) in [5.41, 5.74) is 8.51. The van der Waals surface area contributed by atoms with Gasteiger partial charge in [0.15, 0.2) is 0 Å². The lowest BCUT2D eigenvalue weighted by Crippen LogP contribution is -2.34. The molecule has 2 atom stereocenters. The van der Waals surface area contributed by atoms with E-state index in [1.165, 1.54) is 12.8 Å². The van der Waals surface area contributed by atoms with Crippen LogP contribution in [0.25, 0.3) is 0 Å². The fourth-order valence-electron chi connectivity index (χ4n) is 2.68. The van der Waals surface area contributed by atoms with Crippen molar-refractivity contribution >= 4 is 23.0 Å². The Hall–Kier alpha value is -0.930. The van der Waals surface area contributed by atoms with Crippen LogP contribution in [-0.2, 0) is 0 Å². The van der Waals surface area contributed by atoms with E-state index in [0.717, 1.165) is 24.1 Å². The van der Waals surface area contributed by atoms with Crippen molar-refractivity contribution in [1.82, 2.24) is 0 Å². The van der Waals surface area contributed by atoms with Crippen molar-refractivity contribution in [3.05, 3.63) is 22.7 Å². The van der Waals surface area contributed by atoms with Crippen LogP contribution in [0.4, 0.5) is 11.4 Å². The maximum atomic E-state index is 9.42. The molecule has 0 radical (unpaired) electrons. The molecule has 0 heterocycles. The number of aryl methyl sites for hydroxylation is 1. The first kappa shape index (κ1) is 13.5. The third kappa shape index (κ3) is 2.90. The third-order valence-corrected chi connectivity index (χ3v) is 4.16. The molecule has 1 aromatic rings. The highest BCUT2D eigenvalue weighted by Gasteiger charge is 2.24. The third-order valence-electron chi connectivity index (χ3n) is 3.83. The van der Waals surface area contributed by atoms with Crippen LogP contribution >= 0.6 is 11.6 Å². The summed E-state index contributed by atoms with van der Waals surface area (Å²) in [4.78, 5) is 0. The summed E-state index contributed by atoms with van der Waals surface area (Å²) in [5, 5.41) is 13.5. The standard InChI is InChI=1S/C14H21ClN2O/c1-9-6-12(16)11(15)7-14(9)17-13-5-3-2-4-10(13)8-18/h6-7,10,13,17-18H,2-5,8,16H2,1H3. The number of nitrogens with two attached hydrogens (primary N) is 1. The van der Waals surface area contributed by atoms with Crippen LogP contribution in [0, 0.1) is 12.8 Å². The summed E-state index contributed by atoms with van der Waals surface area (Å²) in [6, 6.07) is 4.11. The van der Waals surface area contributed by atoms with Gasteiger partial charge in [0.05, 0.1) is 10.7 Å². The second-order valence-electron chi connectivity index (χ2n) is 5.17. The lowest BCUT2D eigenvalue weighted by molar-refractivity contribution is 0.178. The molecule has 3 nitrogen and oxygen atoms in total. The van der Waals surface area contributed by atoms with Crippen LogP contribution in [0.2, 0.25) is 5.02 Å². The quantitative estimate of drug-likeness (QED) is 0.738. The van der Waals surface area contributed by atoms with E-state index in [0.29, 0.717) is 22.7 Å². The SMILES string of the molecule is Cc1cc(N)c(Cl)cc1NC1CCCCC1CO. The molecule has 0 aromatic heterocycles. The van der Waals surface area contributed by atoms with Gasteiger partial charge in [-0.3, -0.25) is 0 Å². The van der Waals surface area contributed by atoms with Crippen LogP contribution in [0.1, 0.15) is 31.2 Å². The zero-order chi connectivity index (χ0) is 13.1. The molecule has 2 unspecified atom stereocenters. The first-order valence-corrected chi connectivity index (χ1v) is 6.92. The van der Waals surface area contributed by atoms with E-state index in [-0.39, 0.29) is 6.61 Å². The molecule has 1 aliphatic carbocycles. The molecule has 0 bridgehead atoms. The minimum Gasteiger partial charge on any atom is -0.398 e. The molecule has 0 spiro atoms. The molecular formula is C14H21ClN2O. The number of halogens is 1. The largest absolute Gasteiger partial charge is 0.398 e. The number of anilines is 2. The molecule has 4 N–H and O–H groups in total. The highest BCUT2D eigenvalue weighted by molar-refractivity contribution is 6.33. The first-order chi connectivity index (χ1) is 8.61. The minimum atomic E-state index is 0.249. The van der Waals surface area contributed by atoms with E-state index in [4.69, 9.17) is 17.3 Å². The second-order valence-corrected chi connectivity index (χ2v) is 5.57. The average Bonchev–Trinajstić information content (AvgIpc) is 2.36. The van der Waals surface area contributed by atoms with Crippen molar-refractivity contribution in [3.63, 3.8) is 0 Å². The van der Waals surface area contributed by atoms with Gasteiger partial charge in [0.2, 0.25) is 0 Å². The molecule has 1 aliphatic rings. The molecule has 0 aliphatic heterocycles. The molecule has 4 heteroatoms. The normalized spacial score (nSPS) is 23.9. The molecule has 0 saturated heterocycles. The van der Waals surface area contributed by atoms with Gasteiger partial charge in [0.25, 0.3) is 0 Å². The summed E-state index contributed by atoms with van der Waals surface area (Å²) in [5.74, 6) is 0.342. The van der Waals surface area contributed by atoms with Gasteiger partial charge in [0, 0.05) is 24.3 Å². The van der Waals surface area contributed by atoms with Crippen LogP contribution < -0.4 is 11.1 Å². The Balaban J connectivity index is 2.15. The number of rotatable bonds is 3. The van der Waals surface area contributed by atoms with Gasteiger partial charge in [-0.2, -0.15) is 0 Å². The van der Waals surface area contributed by atoms with E-state index in [1.54, 1.807) is 0 Å². The van der Waals surface area contributed by atoms with Gasteiger partial charge >= 0.3 is 0 Å². The van der Waals surface area contributed by atoms with Gasteiger partial charge in [-0.15, -0.1) is 0 Å². The molecule has 0 amide bonds. The minimum absolute atomic E-state index is 0.249. The average molecular weight is 269 g/mol. The highest BCUT2D eigenvalue weighted by Crippen LogP contribution is 2.31. The molecule has 100 valence electrons. The van der Waals surface area contributed by atoms with Crippen LogP contribution in [0.5, 0.6) is 0 Å². The summed E-state index contributed by atoms with van der Waals surface area (Å²) >= 11 is 6.06. The Morgan fingerprint density at radius 3 is 2.83 bits per heavy atom. The fraction of sp³-hybridized carbons (Fsp3) is 0.571. The smallest absolute Gasteiger partial charge is 0.0656 e. The Bertz CT molecular complexity index is 423. The van der Waals surface area contributed by atoms with E-state index in [1.807, 2.05) is 19.1 Å². The predicted octanol–water partition coefficient (Wildman–Crippen LogP) is 3.19. The van der Waals surface area contributed by atoms with E-state index < -0.39 is 0 Å². The van der Waals surface area contributed by atoms with Crippen LogP contribution in [0.3, 0.4) is 0 Å². The zero-order valence-electron chi connectivity index (χ0n) is 10.7. The number of nitrogen functional groups attached to an aromatic ring is 1. The lowest BCUT2D eigenvalue weighted by Gasteiger charge is -2.32. The fourth-order valence-corrected chi connectivity index (χ4v) is 2.84. The number of hydrogen-bond acceptors (Lipinski definition) is 3. The van der Waals surface area contributed by atoms with E-state index in [9.17, 15) is 5.11 Å². The van der Waals surface area contributed by atoms with E-state index >= 15 is 0 Å². The maximum Gasteiger partial charge on any atom is 0.0656 e. The molecular weight excluding hydrogens is 248 g/mol. The summed E-state index contributed by atoms with van der Waals surface area (Å²) < 4.78 is 0. The summed E-state index contributed by atoms with van der Waals surface area (Å²) in [6.07, 6.45) is 4.63. The molecule has 18 heavy (non-hydrogen) atoms. The second kappa shape index (κ2) is 5.81. The number of hydrogen-bond donors (Lipinski definition) is 3. The van der Waals surface area contributed by atoms with Crippen LogP contribution in [0.15, 0.2) is 12.1 Å². The summed E-state index contributed by atoms with van der Waals surface area (Å²) in [7, 11) is 0. The Morgan fingerprint density at radius 2 is 2.11 bits per heavy atom. The highest BCUT2D eigenvalue weighted by atomic mass is 35.5.